The fourth-order valence-corrected chi connectivity index (χ4v) is 2.91. The molecule has 2 aromatic heterocycles. The van der Waals surface area contributed by atoms with Gasteiger partial charge in [0.25, 0.3) is 0 Å². The van der Waals surface area contributed by atoms with Gasteiger partial charge in [-0.25, -0.2) is 9.78 Å². The number of carboxylic acids is 1. The molecule has 0 amide bonds. The Balaban J connectivity index is 2.30. The molecule has 4 nitrogen and oxygen atoms in total. The molecular weight excluding hydrogens is 296 g/mol. The van der Waals surface area contributed by atoms with E-state index in [1.165, 1.54) is 12.1 Å². The van der Waals surface area contributed by atoms with Gasteiger partial charge in [-0.05, 0) is 30.0 Å². The molecule has 2 rings (SSSR count). The number of aromatic carboxylic acids is 1. The van der Waals surface area contributed by atoms with Gasteiger partial charge in [-0.3, -0.25) is 0 Å². The molecule has 2 N–H and O–H groups in total. The average molecular weight is 311 g/mol. The zero-order chi connectivity index (χ0) is 14.5. The van der Waals surface area contributed by atoms with Crippen LogP contribution in [0.25, 0.3) is 0 Å². The van der Waals surface area contributed by atoms with Crippen LogP contribution in [0.15, 0.2) is 29.6 Å². The fraction of sp³-hybridized carbons (Fsp3) is 0.286. The van der Waals surface area contributed by atoms with Gasteiger partial charge in [0.15, 0.2) is 0 Å². The number of anilines is 1. The summed E-state index contributed by atoms with van der Waals surface area (Å²) in [5.74, 6) is -0.699. The average Bonchev–Trinajstić information content (AvgIpc) is 2.91. The monoisotopic (exact) mass is 310 g/mol. The van der Waals surface area contributed by atoms with Gasteiger partial charge >= 0.3 is 5.97 Å². The molecule has 0 spiro atoms. The number of aromatic nitrogens is 1. The zero-order valence-corrected chi connectivity index (χ0v) is 12.5. The second kappa shape index (κ2) is 6.72. The third-order valence-electron chi connectivity index (χ3n) is 2.87. The molecule has 0 saturated carbocycles. The first-order valence-electron chi connectivity index (χ1n) is 6.31. The number of pyridine rings is 1. The summed E-state index contributed by atoms with van der Waals surface area (Å²) in [7, 11) is 0. The summed E-state index contributed by atoms with van der Waals surface area (Å²) in [5, 5.41) is 14.7. The van der Waals surface area contributed by atoms with E-state index in [-0.39, 0.29) is 16.8 Å². The number of hydrogen-bond donors (Lipinski definition) is 2. The van der Waals surface area contributed by atoms with Gasteiger partial charge in [0, 0.05) is 4.88 Å². The number of nitrogens with one attached hydrogen (secondary N) is 1. The molecule has 6 heteroatoms. The van der Waals surface area contributed by atoms with E-state index in [2.05, 4.69) is 17.2 Å². The van der Waals surface area contributed by atoms with Crippen LogP contribution < -0.4 is 5.32 Å². The van der Waals surface area contributed by atoms with Crippen molar-refractivity contribution in [1.29, 1.82) is 0 Å². The maximum Gasteiger partial charge on any atom is 0.339 e. The molecule has 0 radical (unpaired) electrons. The lowest BCUT2D eigenvalue weighted by molar-refractivity contribution is 0.0697. The topological polar surface area (TPSA) is 62.2 Å². The van der Waals surface area contributed by atoms with Crippen molar-refractivity contribution < 1.29 is 9.90 Å². The van der Waals surface area contributed by atoms with E-state index in [1.807, 2.05) is 17.5 Å². The number of rotatable bonds is 6. The van der Waals surface area contributed by atoms with Crippen LogP contribution in [-0.2, 0) is 0 Å². The highest BCUT2D eigenvalue weighted by Gasteiger charge is 2.17. The number of halogens is 1. The van der Waals surface area contributed by atoms with Crippen molar-refractivity contribution in [3.63, 3.8) is 0 Å². The molecule has 0 saturated heterocycles. The molecule has 0 aliphatic carbocycles. The van der Waals surface area contributed by atoms with Crippen LogP contribution in [0.5, 0.6) is 0 Å². The second-order valence-electron chi connectivity index (χ2n) is 4.34. The fourth-order valence-electron chi connectivity index (χ4n) is 1.95. The first-order chi connectivity index (χ1) is 9.61. The smallest absolute Gasteiger partial charge is 0.339 e. The van der Waals surface area contributed by atoms with Gasteiger partial charge in [-0.15, -0.1) is 11.3 Å². The highest BCUT2D eigenvalue weighted by molar-refractivity contribution is 7.10. The minimum atomic E-state index is -1.02. The Bertz CT molecular complexity index is 587. The Hall–Kier alpha value is -1.59. The third-order valence-corrected chi connectivity index (χ3v) is 4.06. The van der Waals surface area contributed by atoms with E-state index in [9.17, 15) is 9.90 Å². The Kier molecular flexibility index (Phi) is 4.98. The molecule has 2 heterocycles. The minimum absolute atomic E-state index is 0.0454. The first-order valence-corrected chi connectivity index (χ1v) is 7.57. The molecule has 0 fully saturated rings. The van der Waals surface area contributed by atoms with Crippen LogP contribution in [0.1, 0.15) is 41.0 Å². The minimum Gasteiger partial charge on any atom is -0.478 e. The zero-order valence-electron chi connectivity index (χ0n) is 11.0. The molecule has 20 heavy (non-hydrogen) atoms. The molecule has 1 atom stereocenters. The van der Waals surface area contributed by atoms with E-state index in [4.69, 9.17) is 11.6 Å². The van der Waals surface area contributed by atoms with Crippen LogP contribution in [0.3, 0.4) is 0 Å². The molecule has 106 valence electrons. The van der Waals surface area contributed by atoms with Gasteiger partial charge in [-0.1, -0.05) is 31.0 Å². The van der Waals surface area contributed by atoms with Gasteiger partial charge < -0.3 is 10.4 Å². The lowest BCUT2D eigenvalue weighted by Crippen LogP contribution is -2.14. The number of carboxylic acid groups (broad SMARTS) is 1. The molecule has 0 aromatic carbocycles. The summed E-state index contributed by atoms with van der Waals surface area (Å²) in [6.45, 7) is 2.09. The Morgan fingerprint density at radius 2 is 2.30 bits per heavy atom. The number of carbonyl (C=O) groups is 1. The number of nitrogens with zero attached hydrogens (tertiary/aromatic N) is 1. The van der Waals surface area contributed by atoms with Crippen molar-refractivity contribution >= 4 is 34.7 Å². The predicted molar refractivity (Wildman–Crippen MR) is 81.8 cm³/mol. The Morgan fingerprint density at radius 3 is 2.90 bits per heavy atom. The van der Waals surface area contributed by atoms with Crippen LogP contribution in [0, 0.1) is 0 Å². The van der Waals surface area contributed by atoms with Crippen molar-refractivity contribution in [2.45, 2.75) is 25.8 Å². The normalized spacial score (nSPS) is 12.1. The van der Waals surface area contributed by atoms with Gasteiger partial charge in [0.1, 0.15) is 16.5 Å². The summed E-state index contributed by atoms with van der Waals surface area (Å²) in [5.41, 5.74) is 0.132. The van der Waals surface area contributed by atoms with Crippen LogP contribution in [0.4, 0.5) is 5.82 Å². The third kappa shape index (κ3) is 3.49. The summed E-state index contributed by atoms with van der Waals surface area (Å²) in [4.78, 5) is 16.5. The van der Waals surface area contributed by atoms with Crippen molar-refractivity contribution in [2.24, 2.45) is 0 Å². The van der Waals surface area contributed by atoms with Gasteiger partial charge in [0.05, 0.1) is 6.04 Å². The lowest BCUT2D eigenvalue weighted by Gasteiger charge is -2.18. The van der Waals surface area contributed by atoms with Gasteiger partial charge in [-0.2, -0.15) is 0 Å². The van der Waals surface area contributed by atoms with Crippen LogP contribution in [0.2, 0.25) is 5.15 Å². The SMILES string of the molecule is CCCC(Nc1nc(Cl)ccc1C(=O)O)c1cccs1. The van der Waals surface area contributed by atoms with Crippen molar-refractivity contribution in [3.05, 3.63) is 45.2 Å². The molecular formula is C14H15ClN2O2S. The maximum absolute atomic E-state index is 11.2. The Morgan fingerprint density at radius 1 is 1.50 bits per heavy atom. The maximum atomic E-state index is 11.2. The van der Waals surface area contributed by atoms with Gasteiger partial charge in [0.2, 0.25) is 0 Å². The van der Waals surface area contributed by atoms with Crippen molar-refractivity contribution in [2.75, 3.05) is 5.32 Å². The highest BCUT2D eigenvalue weighted by Crippen LogP contribution is 2.28. The molecule has 0 aliphatic heterocycles. The molecule has 1 unspecified atom stereocenters. The van der Waals surface area contributed by atoms with E-state index >= 15 is 0 Å². The van der Waals surface area contributed by atoms with Crippen molar-refractivity contribution in [1.82, 2.24) is 4.98 Å². The highest BCUT2D eigenvalue weighted by atomic mass is 35.5. The lowest BCUT2D eigenvalue weighted by atomic mass is 10.1. The molecule has 0 aliphatic rings. The summed E-state index contributed by atoms with van der Waals surface area (Å²) in [6, 6.07) is 7.01. The van der Waals surface area contributed by atoms with Crippen LogP contribution in [-0.4, -0.2) is 16.1 Å². The molecule has 2 aromatic rings. The number of hydrogen-bond acceptors (Lipinski definition) is 4. The summed E-state index contributed by atoms with van der Waals surface area (Å²) < 4.78 is 0. The van der Waals surface area contributed by atoms with Crippen LogP contribution >= 0.6 is 22.9 Å². The largest absolute Gasteiger partial charge is 0.478 e. The summed E-state index contributed by atoms with van der Waals surface area (Å²) in [6.07, 6.45) is 1.88. The van der Waals surface area contributed by atoms with E-state index < -0.39 is 5.97 Å². The second-order valence-corrected chi connectivity index (χ2v) is 5.70. The quantitative estimate of drug-likeness (QED) is 0.774. The number of thiophene rings is 1. The predicted octanol–water partition coefficient (Wildman–Crippen LogP) is 4.45. The van der Waals surface area contributed by atoms with Crippen molar-refractivity contribution in [3.8, 4) is 0 Å². The molecule has 0 bridgehead atoms. The van der Waals surface area contributed by atoms with E-state index in [0.717, 1.165) is 17.7 Å². The Labute approximate surface area is 126 Å². The first kappa shape index (κ1) is 14.8. The standard InChI is InChI=1S/C14H15ClN2O2S/c1-2-4-10(11-5-3-8-20-11)16-13-9(14(18)19)6-7-12(15)17-13/h3,5-8,10H,2,4H2,1H3,(H,16,17)(H,18,19). The van der Waals surface area contributed by atoms with E-state index in [0.29, 0.717) is 5.82 Å². The summed E-state index contributed by atoms with van der Waals surface area (Å²) >= 11 is 7.50. The van der Waals surface area contributed by atoms with E-state index in [1.54, 1.807) is 11.3 Å².